The van der Waals surface area contributed by atoms with E-state index in [1.165, 1.54) is 0 Å². The van der Waals surface area contributed by atoms with E-state index in [-0.39, 0.29) is 12.2 Å². The monoisotopic (exact) mass is 441 g/mol. The number of nitrogens with zero attached hydrogens (tertiary/aromatic N) is 4. The SMILES string of the molecule is COCc1cc2c(Nc3cc([C@H]4C[C@@H](CC(OC(N)=O)C5CC5)CO4)[nH]n3)nccn2n1. The largest absolute Gasteiger partial charge is 0.446 e. The minimum Gasteiger partial charge on any atom is -0.446 e. The number of aromatic nitrogens is 5. The van der Waals surface area contributed by atoms with Crippen molar-refractivity contribution in [2.45, 2.75) is 44.5 Å². The zero-order chi connectivity index (χ0) is 22.1. The Kier molecular flexibility index (Phi) is 5.66. The van der Waals surface area contributed by atoms with Crippen molar-refractivity contribution in [3.8, 4) is 0 Å². The van der Waals surface area contributed by atoms with Crippen LogP contribution in [0.2, 0.25) is 0 Å². The van der Waals surface area contributed by atoms with Gasteiger partial charge >= 0.3 is 6.09 Å². The summed E-state index contributed by atoms with van der Waals surface area (Å²) in [7, 11) is 1.64. The molecule has 1 aliphatic heterocycles. The zero-order valence-electron chi connectivity index (χ0n) is 17.9. The molecule has 4 N–H and O–H groups in total. The first-order valence-electron chi connectivity index (χ1n) is 10.8. The number of ether oxygens (including phenoxy) is 3. The van der Waals surface area contributed by atoms with Crippen molar-refractivity contribution >= 4 is 23.2 Å². The molecule has 4 heterocycles. The normalized spacial score (nSPS) is 21.7. The van der Waals surface area contributed by atoms with Crippen LogP contribution >= 0.6 is 0 Å². The summed E-state index contributed by atoms with van der Waals surface area (Å²) in [6.45, 7) is 1.05. The Morgan fingerprint density at radius 2 is 2.31 bits per heavy atom. The Morgan fingerprint density at radius 3 is 3.09 bits per heavy atom. The average Bonchev–Trinajstić information content (AvgIpc) is 3.13. The van der Waals surface area contributed by atoms with E-state index in [2.05, 4.69) is 25.6 Å². The number of nitrogens with two attached hydrogens (primary N) is 1. The van der Waals surface area contributed by atoms with Crippen LogP contribution < -0.4 is 11.1 Å². The molecule has 1 saturated carbocycles. The molecule has 1 unspecified atom stereocenters. The molecule has 0 bridgehead atoms. The number of primary amides is 1. The van der Waals surface area contributed by atoms with Crippen molar-refractivity contribution in [2.24, 2.45) is 17.6 Å². The number of methoxy groups -OCH3 is 1. The van der Waals surface area contributed by atoms with E-state index < -0.39 is 6.09 Å². The molecular weight excluding hydrogens is 414 g/mol. The first-order chi connectivity index (χ1) is 15.6. The summed E-state index contributed by atoms with van der Waals surface area (Å²) in [5, 5.41) is 15.2. The molecule has 3 atom stereocenters. The van der Waals surface area contributed by atoms with Gasteiger partial charge in [-0.15, -0.1) is 0 Å². The smallest absolute Gasteiger partial charge is 0.404 e. The maximum absolute atomic E-state index is 11.2. The van der Waals surface area contributed by atoms with Crippen LogP contribution in [0, 0.1) is 11.8 Å². The van der Waals surface area contributed by atoms with Crippen molar-refractivity contribution in [1.29, 1.82) is 0 Å². The van der Waals surface area contributed by atoms with E-state index in [4.69, 9.17) is 19.9 Å². The number of H-pyrrole nitrogens is 1. The number of nitrogens with one attached hydrogen (secondary N) is 2. The fraction of sp³-hybridized carbons (Fsp3) is 0.524. The number of carbonyl (C=O) groups is 1. The van der Waals surface area contributed by atoms with Crippen LogP contribution in [-0.4, -0.2) is 50.7 Å². The molecule has 11 nitrogen and oxygen atoms in total. The third-order valence-corrected chi connectivity index (χ3v) is 5.99. The van der Waals surface area contributed by atoms with Crippen molar-refractivity contribution in [2.75, 3.05) is 19.0 Å². The summed E-state index contributed by atoms with van der Waals surface area (Å²) in [5.74, 6) is 2.05. The number of hydrogen-bond donors (Lipinski definition) is 3. The lowest BCUT2D eigenvalue weighted by atomic mass is 9.95. The molecule has 1 amide bonds. The second-order valence-corrected chi connectivity index (χ2v) is 8.48. The highest BCUT2D eigenvalue weighted by atomic mass is 16.6. The van der Waals surface area contributed by atoms with Crippen LogP contribution in [0.4, 0.5) is 16.4 Å². The second kappa shape index (κ2) is 8.75. The Morgan fingerprint density at radius 1 is 1.44 bits per heavy atom. The van der Waals surface area contributed by atoms with E-state index in [0.717, 1.165) is 42.6 Å². The van der Waals surface area contributed by atoms with E-state index in [1.807, 2.05) is 12.1 Å². The van der Waals surface area contributed by atoms with Gasteiger partial charge in [-0.05, 0) is 43.6 Å². The molecule has 2 fully saturated rings. The highest BCUT2D eigenvalue weighted by molar-refractivity contribution is 5.72. The minimum absolute atomic E-state index is 0.0801. The molecule has 11 heteroatoms. The summed E-state index contributed by atoms with van der Waals surface area (Å²) >= 11 is 0. The Balaban J connectivity index is 1.23. The lowest BCUT2D eigenvalue weighted by Crippen LogP contribution is -2.26. The van der Waals surface area contributed by atoms with Crippen LogP contribution in [-0.2, 0) is 20.8 Å². The maximum Gasteiger partial charge on any atom is 0.404 e. The van der Waals surface area contributed by atoms with E-state index in [1.54, 1.807) is 24.0 Å². The van der Waals surface area contributed by atoms with Crippen LogP contribution in [0.3, 0.4) is 0 Å². The summed E-state index contributed by atoms with van der Waals surface area (Å²) in [6, 6.07) is 3.87. The molecule has 0 spiro atoms. The third kappa shape index (κ3) is 4.53. The van der Waals surface area contributed by atoms with E-state index in [0.29, 0.717) is 36.7 Å². The predicted molar refractivity (Wildman–Crippen MR) is 114 cm³/mol. The number of anilines is 2. The first-order valence-corrected chi connectivity index (χ1v) is 10.8. The standard InChI is InChI=1S/C21H27N7O4/c1-30-11-14-8-16-20(23-4-5-28(16)27-14)24-19-9-15(25-26-19)18-7-12(10-31-18)6-17(13-2-3-13)32-21(22)29/h4-5,8-9,12-13,17-18H,2-3,6-7,10-11H2,1H3,(H2,22,29)(H2,23,24,25,26)/t12-,17?,18-/m1/s1. The number of rotatable bonds is 9. The zero-order valence-corrected chi connectivity index (χ0v) is 17.9. The molecule has 3 aromatic heterocycles. The van der Waals surface area contributed by atoms with Crippen molar-refractivity contribution in [3.63, 3.8) is 0 Å². The molecule has 5 rings (SSSR count). The van der Waals surface area contributed by atoms with Gasteiger partial charge < -0.3 is 25.3 Å². The number of amides is 1. The van der Waals surface area contributed by atoms with Gasteiger partial charge in [0.15, 0.2) is 11.6 Å². The summed E-state index contributed by atoms with van der Waals surface area (Å²) < 4.78 is 18.3. The van der Waals surface area contributed by atoms with Gasteiger partial charge in [0.05, 0.1) is 30.7 Å². The Labute approximate surface area is 184 Å². The van der Waals surface area contributed by atoms with Crippen molar-refractivity contribution in [1.82, 2.24) is 24.8 Å². The number of aromatic amines is 1. The Bertz CT molecular complexity index is 1090. The molecule has 32 heavy (non-hydrogen) atoms. The highest BCUT2D eigenvalue weighted by Gasteiger charge is 2.38. The lowest BCUT2D eigenvalue weighted by Gasteiger charge is -2.18. The van der Waals surface area contributed by atoms with Crippen molar-refractivity contribution in [3.05, 3.63) is 35.9 Å². The molecule has 0 radical (unpaired) electrons. The second-order valence-electron chi connectivity index (χ2n) is 8.48. The summed E-state index contributed by atoms with van der Waals surface area (Å²) in [4.78, 5) is 15.6. The van der Waals surface area contributed by atoms with Gasteiger partial charge in [-0.2, -0.15) is 10.2 Å². The molecule has 3 aromatic rings. The average molecular weight is 441 g/mol. The predicted octanol–water partition coefficient (Wildman–Crippen LogP) is 2.68. The first kappa shape index (κ1) is 20.7. The van der Waals surface area contributed by atoms with E-state index >= 15 is 0 Å². The van der Waals surface area contributed by atoms with Gasteiger partial charge in [-0.1, -0.05) is 0 Å². The highest BCUT2D eigenvalue weighted by Crippen LogP contribution is 2.41. The number of carbonyl (C=O) groups excluding carboxylic acids is 1. The molecule has 170 valence electrons. The quantitative estimate of drug-likeness (QED) is 0.460. The van der Waals surface area contributed by atoms with Gasteiger partial charge in [0.25, 0.3) is 0 Å². The molecule has 1 aliphatic carbocycles. The van der Waals surface area contributed by atoms with Crippen LogP contribution in [0.1, 0.15) is 43.2 Å². The fourth-order valence-electron chi connectivity index (χ4n) is 4.33. The molecule has 2 aliphatic rings. The Hall–Kier alpha value is -3.18. The maximum atomic E-state index is 11.2. The number of hydrogen-bond acceptors (Lipinski definition) is 8. The van der Waals surface area contributed by atoms with Gasteiger partial charge in [-0.3, -0.25) is 5.10 Å². The minimum atomic E-state index is -0.696. The third-order valence-electron chi connectivity index (χ3n) is 5.99. The van der Waals surface area contributed by atoms with Crippen LogP contribution in [0.25, 0.3) is 5.52 Å². The summed E-state index contributed by atoms with van der Waals surface area (Å²) in [6.07, 6.45) is 6.39. The summed E-state index contributed by atoms with van der Waals surface area (Å²) in [5.41, 5.74) is 7.79. The van der Waals surface area contributed by atoms with Crippen LogP contribution in [0.15, 0.2) is 24.5 Å². The molecular formula is C21H27N7O4. The van der Waals surface area contributed by atoms with Gasteiger partial charge in [0.2, 0.25) is 0 Å². The van der Waals surface area contributed by atoms with Gasteiger partial charge in [-0.25, -0.2) is 14.3 Å². The molecule has 0 aromatic carbocycles. The topological polar surface area (TPSA) is 142 Å². The van der Waals surface area contributed by atoms with Gasteiger partial charge in [0.1, 0.15) is 11.6 Å². The van der Waals surface area contributed by atoms with Gasteiger partial charge in [0, 0.05) is 25.6 Å². The van der Waals surface area contributed by atoms with Crippen molar-refractivity contribution < 1.29 is 19.0 Å². The van der Waals surface area contributed by atoms with Crippen LogP contribution in [0.5, 0.6) is 0 Å². The molecule has 1 saturated heterocycles. The van der Waals surface area contributed by atoms with E-state index in [9.17, 15) is 4.79 Å². The lowest BCUT2D eigenvalue weighted by molar-refractivity contribution is 0.0696. The fourth-order valence-corrected chi connectivity index (χ4v) is 4.33. The number of fused-ring (bicyclic) bond motifs is 1.